The number of hydrogen-bond acceptors (Lipinski definition) is 6. The fourth-order valence-corrected chi connectivity index (χ4v) is 2.28. The number of aromatic hydroxyl groups is 1. The van der Waals surface area contributed by atoms with Crippen LogP contribution in [0, 0.1) is 0 Å². The topological polar surface area (TPSA) is 83.4 Å². The summed E-state index contributed by atoms with van der Waals surface area (Å²) in [7, 11) is 6.67. The van der Waals surface area contributed by atoms with E-state index >= 15 is 0 Å². The van der Waals surface area contributed by atoms with E-state index in [1.165, 1.54) is 26.5 Å². The lowest BCUT2D eigenvalue weighted by Crippen LogP contribution is -2.21. The van der Waals surface area contributed by atoms with Gasteiger partial charge in [-0.05, 0) is 12.1 Å². The number of hydrazone groups is 1. The molecule has 7 nitrogen and oxygen atoms in total. The van der Waals surface area contributed by atoms with Gasteiger partial charge in [0.15, 0.2) is 0 Å². The van der Waals surface area contributed by atoms with Crippen LogP contribution in [0.4, 0.5) is 5.69 Å². The van der Waals surface area contributed by atoms with Gasteiger partial charge < -0.3 is 19.5 Å². The number of amides is 1. The number of anilines is 1. The van der Waals surface area contributed by atoms with Crippen molar-refractivity contribution < 1.29 is 19.4 Å². The van der Waals surface area contributed by atoms with Crippen molar-refractivity contribution >= 4 is 17.8 Å². The summed E-state index contributed by atoms with van der Waals surface area (Å²) < 4.78 is 10.3. The zero-order chi connectivity index (χ0) is 18.4. The van der Waals surface area contributed by atoms with E-state index in [9.17, 15) is 9.90 Å². The Morgan fingerprint density at radius 3 is 2.56 bits per heavy atom. The molecule has 0 unspecified atom stereocenters. The van der Waals surface area contributed by atoms with E-state index in [4.69, 9.17) is 9.47 Å². The first kappa shape index (κ1) is 18.1. The van der Waals surface area contributed by atoms with Crippen molar-refractivity contribution in [3.8, 4) is 17.2 Å². The maximum absolute atomic E-state index is 12.3. The Labute approximate surface area is 146 Å². The van der Waals surface area contributed by atoms with Gasteiger partial charge in [0.1, 0.15) is 17.2 Å². The lowest BCUT2D eigenvalue weighted by Gasteiger charge is -2.16. The van der Waals surface area contributed by atoms with Gasteiger partial charge in [-0.1, -0.05) is 12.1 Å². The molecule has 2 N–H and O–H groups in total. The van der Waals surface area contributed by atoms with Gasteiger partial charge >= 0.3 is 0 Å². The molecule has 0 aliphatic carbocycles. The molecule has 0 radical (unpaired) electrons. The van der Waals surface area contributed by atoms with Crippen molar-refractivity contribution in [2.75, 3.05) is 33.2 Å². The lowest BCUT2D eigenvalue weighted by molar-refractivity contribution is 0.0955. The van der Waals surface area contributed by atoms with Crippen LogP contribution in [0.15, 0.2) is 41.5 Å². The van der Waals surface area contributed by atoms with E-state index in [2.05, 4.69) is 10.5 Å². The van der Waals surface area contributed by atoms with Crippen molar-refractivity contribution in [1.82, 2.24) is 5.43 Å². The molecule has 2 rings (SSSR count). The van der Waals surface area contributed by atoms with Crippen molar-refractivity contribution in [2.45, 2.75) is 0 Å². The molecule has 0 saturated heterocycles. The van der Waals surface area contributed by atoms with Crippen LogP contribution in [0.25, 0.3) is 0 Å². The summed E-state index contributed by atoms with van der Waals surface area (Å²) in [6.07, 6.45) is 1.32. The molecule has 0 saturated carbocycles. The third kappa shape index (κ3) is 4.20. The van der Waals surface area contributed by atoms with Gasteiger partial charge in [0, 0.05) is 31.9 Å². The highest BCUT2D eigenvalue weighted by Crippen LogP contribution is 2.31. The number of phenols is 1. The molecule has 132 valence electrons. The first-order valence-corrected chi connectivity index (χ1v) is 7.52. The lowest BCUT2D eigenvalue weighted by atomic mass is 10.1. The maximum Gasteiger partial charge on any atom is 0.273 e. The van der Waals surface area contributed by atoms with Crippen LogP contribution in [0.2, 0.25) is 0 Å². The fourth-order valence-electron chi connectivity index (χ4n) is 2.28. The summed E-state index contributed by atoms with van der Waals surface area (Å²) in [5, 5.41) is 14.0. The normalized spacial score (nSPS) is 10.6. The van der Waals surface area contributed by atoms with Crippen LogP contribution < -0.4 is 19.8 Å². The number of methoxy groups -OCH3 is 2. The molecule has 0 spiro atoms. The van der Waals surface area contributed by atoms with E-state index in [0.717, 1.165) is 5.69 Å². The molecule has 7 heteroatoms. The number of benzene rings is 2. The minimum absolute atomic E-state index is 0.0668. The summed E-state index contributed by atoms with van der Waals surface area (Å²) in [5.74, 6) is 0.411. The van der Waals surface area contributed by atoms with Crippen LogP contribution in [-0.2, 0) is 0 Å². The number of hydrogen-bond donors (Lipinski definition) is 2. The Balaban J connectivity index is 2.21. The molecule has 0 heterocycles. The standard InChI is InChI=1S/C18H21N3O4/c1-21(2)15-8-6-5-7-13(15)18(23)20-19-11-14-16(22)9-12(24-3)10-17(14)25-4/h5-11,22H,1-4H3,(H,20,23). The summed E-state index contributed by atoms with van der Waals surface area (Å²) in [5.41, 5.74) is 4.07. The molecule has 0 atom stereocenters. The first-order valence-electron chi connectivity index (χ1n) is 7.52. The summed E-state index contributed by atoms with van der Waals surface area (Å²) >= 11 is 0. The third-order valence-electron chi connectivity index (χ3n) is 3.54. The van der Waals surface area contributed by atoms with E-state index in [-0.39, 0.29) is 11.7 Å². The van der Waals surface area contributed by atoms with E-state index in [1.54, 1.807) is 18.2 Å². The Morgan fingerprint density at radius 2 is 1.92 bits per heavy atom. The van der Waals surface area contributed by atoms with Gasteiger partial charge in [-0.15, -0.1) is 0 Å². The molecule has 0 aliphatic heterocycles. The predicted molar refractivity (Wildman–Crippen MR) is 97.0 cm³/mol. The molecular weight excluding hydrogens is 322 g/mol. The number of carbonyl (C=O) groups excluding carboxylic acids is 1. The molecule has 2 aromatic rings. The average Bonchev–Trinajstić information content (AvgIpc) is 2.62. The van der Waals surface area contributed by atoms with E-state index in [1.807, 2.05) is 31.1 Å². The van der Waals surface area contributed by atoms with Crippen LogP contribution in [0.5, 0.6) is 17.2 Å². The Bertz CT molecular complexity index is 788. The van der Waals surface area contributed by atoms with Gasteiger partial charge in [0.2, 0.25) is 0 Å². The number of nitrogens with one attached hydrogen (secondary N) is 1. The third-order valence-corrected chi connectivity index (χ3v) is 3.54. The highest BCUT2D eigenvalue weighted by atomic mass is 16.5. The van der Waals surface area contributed by atoms with Crippen molar-refractivity contribution in [2.24, 2.45) is 5.10 Å². The summed E-state index contributed by atoms with van der Waals surface area (Å²) in [6, 6.07) is 10.2. The van der Waals surface area contributed by atoms with Gasteiger partial charge in [-0.2, -0.15) is 5.10 Å². The Morgan fingerprint density at radius 1 is 1.20 bits per heavy atom. The SMILES string of the molecule is COc1cc(O)c(C=NNC(=O)c2ccccc2N(C)C)c(OC)c1. The molecule has 0 aromatic heterocycles. The molecule has 25 heavy (non-hydrogen) atoms. The van der Waals surface area contributed by atoms with Crippen LogP contribution in [0.1, 0.15) is 15.9 Å². The van der Waals surface area contributed by atoms with Gasteiger partial charge in [-0.25, -0.2) is 5.43 Å². The quantitative estimate of drug-likeness (QED) is 0.621. The van der Waals surface area contributed by atoms with Crippen LogP contribution in [-0.4, -0.2) is 45.5 Å². The monoisotopic (exact) mass is 343 g/mol. The van der Waals surface area contributed by atoms with Gasteiger partial charge in [0.25, 0.3) is 5.91 Å². The van der Waals surface area contributed by atoms with Crippen molar-refractivity contribution in [3.05, 3.63) is 47.5 Å². The highest BCUT2D eigenvalue weighted by Gasteiger charge is 2.12. The largest absolute Gasteiger partial charge is 0.507 e. The fraction of sp³-hybridized carbons (Fsp3) is 0.222. The molecule has 0 bridgehead atoms. The molecule has 2 aromatic carbocycles. The van der Waals surface area contributed by atoms with Crippen molar-refractivity contribution in [1.29, 1.82) is 0 Å². The minimum Gasteiger partial charge on any atom is -0.507 e. The number of nitrogens with zero attached hydrogens (tertiary/aromatic N) is 2. The van der Waals surface area contributed by atoms with Crippen LogP contribution >= 0.6 is 0 Å². The second-order valence-corrected chi connectivity index (χ2v) is 5.37. The molecule has 1 amide bonds. The highest BCUT2D eigenvalue weighted by molar-refractivity contribution is 6.00. The van der Waals surface area contributed by atoms with Gasteiger partial charge in [-0.3, -0.25) is 4.79 Å². The number of para-hydroxylation sites is 1. The first-order chi connectivity index (χ1) is 12.0. The van der Waals surface area contributed by atoms with E-state index in [0.29, 0.717) is 22.6 Å². The maximum atomic E-state index is 12.3. The van der Waals surface area contributed by atoms with Crippen molar-refractivity contribution in [3.63, 3.8) is 0 Å². The number of carbonyl (C=O) groups is 1. The number of ether oxygens (including phenoxy) is 2. The summed E-state index contributed by atoms with van der Waals surface area (Å²) in [6.45, 7) is 0. The number of phenolic OH excluding ortho intramolecular Hbond substituents is 1. The Kier molecular flexibility index (Phi) is 5.84. The molecule has 0 fully saturated rings. The number of rotatable bonds is 6. The zero-order valence-corrected chi connectivity index (χ0v) is 14.6. The van der Waals surface area contributed by atoms with Gasteiger partial charge in [0.05, 0.1) is 31.6 Å². The zero-order valence-electron chi connectivity index (χ0n) is 14.6. The minimum atomic E-state index is -0.354. The molecule has 0 aliphatic rings. The van der Waals surface area contributed by atoms with E-state index < -0.39 is 0 Å². The second kappa shape index (κ2) is 8.05. The average molecular weight is 343 g/mol. The molecular formula is C18H21N3O4. The predicted octanol–water partition coefficient (Wildman–Crippen LogP) is 2.24. The summed E-state index contributed by atoms with van der Waals surface area (Å²) in [4.78, 5) is 14.2. The van der Waals surface area contributed by atoms with Crippen LogP contribution in [0.3, 0.4) is 0 Å². The second-order valence-electron chi connectivity index (χ2n) is 5.37. The Hall–Kier alpha value is -3.22. The smallest absolute Gasteiger partial charge is 0.273 e.